The molecule has 0 aliphatic carbocycles. The van der Waals surface area contributed by atoms with E-state index in [2.05, 4.69) is 40.6 Å². The molecule has 0 fully saturated rings. The molecule has 0 aliphatic heterocycles. The van der Waals surface area contributed by atoms with Crippen molar-refractivity contribution in [3.63, 3.8) is 0 Å². The molecule has 0 aromatic rings. The highest BCUT2D eigenvalue weighted by molar-refractivity contribution is 6.58. The summed E-state index contributed by atoms with van der Waals surface area (Å²) in [6.45, 7) is 6.51. The Balaban J connectivity index is 3.83. The number of nitrogens with zero attached hydrogens (tertiary/aromatic N) is 1. The molecule has 0 atom stereocenters. The second kappa shape index (κ2) is 7.33. The second-order valence-electron chi connectivity index (χ2n) is 2.62. The van der Waals surface area contributed by atoms with E-state index in [1.807, 2.05) is 14.1 Å². The predicted molar refractivity (Wildman–Crippen MR) is 57.3 cm³/mol. The van der Waals surface area contributed by atoms with Crippen molar-refractivity contribution in [1.29, 1.82) is 0 Å². The molecular weight excluding hydrogens is 166 g/mol. The molecule has 12 heavy (non-hydrogen) atoms. The predicted octanol–water partition coefficient (Wildman–Crippen LogP) is 0.0404. The van der Waals surface area contributed by atoms with Gasteiger partial charge in [-0.1, -0.05) is 5.70 Å². The van der Waals surface area contributed by atoms with Gasteiger partial charge in [0.1, 0.15) is 0 Å². The van der Waals surface area contributed by atoms with Crippen molar-refractivity contribution >= 4 is 9.12 Å². The highest BCUT2D eigenvalue weighted by Gasteiger charge is 1.98. The minimum Gasteiger partial charge on any atom is -0.378 e. The third-order valence-corrected chi connectivity index (χ3v) is 3.72. The fourth-order valence-corrected chi connectivity index (χ4v) is 2.07. The Morgan fingerprint density at radius 3 is 2.00 bits per heavy atom. The molecule has 0 saturated carbocycles. The van der Waals surface area contributed by atoms with Gasteiger partial charge in [0.2, 0.25) is 9.12 Å². The lowest BCUT2D eigenvalue weighted by atomic mass is 10.5. The normalized spacial score (nSPS) is 11.4. The van der Waals surface area contributed by atoms with Crippen LogP contribution in [0.2, 0.25) is 0 Å². The molecule has 0 amide bonds. The third kappa shape index (κ3) is 4.53. The number of hydrogen-bond acceptors (Lipinski definition) is 3. The molecule has 3 nitrogen and oxygen atoms in total. The molecule has 4 heteroatoms. The second-order valence-corrected chi connectivity index (χ2v) is 5.11. The van der Waals surface area contributed by atoms with E-state index >= 15 is 0 Å². The SMILES string of the molecule is CCN(C=C[SiH](NC)NC)CC. The average Bonchev–Trinajstić information content (AvgIpc) is 2.13. The minimum absolute atomic E-state index is 0.998. The van der Waals surface area contributed by atoms with E-state index in [0.717, 1.165) is 13.1 Å². The number of nitrogens with one attached hydrogen (secondary N) is 2. The van der Waals surface area contributed by atoms with Gasteiger partial charge in [-0.25, -0.2) is 0 Å². The molecule has 0 saturated heterocycles. The molecule has 0 radical (unpaired) electrons. The summed E-state index contributed by atoms with van der Waals surface area (Å²) in [4.78, 5) is 8.83. The van der Waals surface area contributed by atoms with Gasteiger partial charge in [-0.15, -0.1) is 0 Å². The van der Waals surface area contributed by atoms with Crippen LogP contribution in [0.15, 0.2) is 11.9 Å². The summed E-state index contributed by atoms with van der Waals surface area (Å²) in [6.07, 6.45) is 2.18. The first-order valence-corrected chi connectivity index (χ1v) is 6.37. The molecule has 0 aromatic carbocycles. The van der Waals surface area contributed by atoms with Crippen LogP contribution in [0.1, 0.15) is 13.8 Å². The quantitative estimate of drug-likeness (QED) is 0.575. The number of hydrogen-bond donors (Lipinski definition) is 2. The molecule has 72 valence electrons. The van der Waals surface area contributed by atoms with Crippen LogP contribution in [0.3, 0.4) is 0 Å². The van der Waals surface area contributed by atoms with E-state index in [1.165, 1.54) is 0 Å². The van der Waals surface area contributed by atoms with E-state index in [9.17, 15) is 0 Å². The zero-order chi connectivity index (χ0) is 9.40. The van der Waals surface area contributed by atoms with Crippen molar-refractivity contribution in [3.05, 3.63) is 11.9 Å². The highest BCUT2D eigenvalue weighted by Crippen LogP contribution is 1.87. The molecule has 0 aromatic heterocycles. The van der Waals surface area contributed by atoms with Gasteiger partial charge in [0.05, 0.1) is 0 Å². The average molecular weight is 187 g/mol. The zero-order valence-corrected chi connectivity index (χ0v) is 9.75. The standard InChI is InChI=1S/C8H21N3Si/c1-5-11(6-2)7-8-12(9-3)10-4/h7-10,12H,5-6H2,1-4H3. The van der Waals surface area contributed by atoms with Crippen LogP contribution in [0.5, 0.6) is 0 Å². The van der Waals surface area contributed by atoms with Crippen LogP contribution in [-0.2, 0) is 0 Å². The fraction of sp³-hybridized carbons (Fsp3) is 0.750. The van der Waals surface area contributed by atoms with Gasteiger partial charge in [-0.2, -0.15) is 0 Å². The van der Waals surface area contributed by atoms with E-state index in [-0.39, 0.29) is 0 Å². The van der Waals surface area contributed by atoms with Gasteiger partial charge >= 0.3 is 0 Å². The maximum Gasteiger partial charge on any atom is 0.211 e. The van der Waals surface area contributed by atoms with E-state index < -0.39 is 9.12 Å². The van der Waals surface area contributed by atoms with Gasteiger partial charge in [0.25, 0.3) is 0 Å². The molecule has 0 unspecified atom stereocenters. The molecule has 0 spiro atoms. The van der Waals surface area contributed by atoms with Crippen LogP contribution >= 0.6 is 0 Å². The Morgan fingerprint density at radius 1 is 1.17 bits per heavy atom. The Kier molecular flexibility index (Phi) is 7.14. The summed E-state index contributed by atoms with van der Waals surface area (Å²) in [5, 5.41) is 0. The van der Waals surface area contributed by atoms with Crippen molar-refractivity contribution in [1.82, 2.24) is 14.9 Å². The van der Waals surface area contributed by atoms with E-state index in [0.29, 0.717) is 0 Å². The van der Waals surface area contributed by atoms with Crippen LogP contribution in [-0.4, -0.2) is 41.2 Å². The first-order chi connectivity index (χ1) is 5.78. The monoisotopic (exact) mass is 187 g/mol. The summed E-state index contributed by atoms with van der Waals surface area (Å²) in [5.74, 6) is 0. The van der Waals surface area contributed by atoms with Gasteiger partial charge in [-0.05, 0) is 34.1 Å². The largest absolute Gasteiger partial charge is 0.378 e. The molecule has 2 N–H and O–H groups in total. The summed E-state index contributed by atoms with van der Waals surface area (Å²) in [7, 11) is 3.00. The van der Waals surface area contributed by atoms with Gasteiger partial charge in [-0.3, -0.25) is 0 Å². The Bertz CT molecular complexity index is 105. The molecule has 0 aliphatic rings. The molecule has 0 rings (SSSR count). The van der Waals surface area contributed by atoms with E-state index in [1.54, 1.807) is 0 Å². The molecule has 0 bridgehead atoms. The zero-order valence-electron chi connectivity index (χ0n) is 8.59. The van der Waals surface area contributed by atoms with Crippen LogP contribution in [0.25, 0.3) is 0 Å². The van der Waals surface area contributed by atoms with Crippen molar-refractivity contribution in [2.45, 2.75) is 13.8 Å². The first kappa shape index (κ1) is 11.7. The number of rotatable bonds is 6. The molecular formula is C8H21N3Si. The third-order valence-electron chi connectivity index (χ3n) is 1.92. The lowest BCUT2D eigenvalue weighted by molar-refractivity contribution is 0.419. The Hall–Kier alpha value is -0.323. The summed E-state index contributed by atoms with van der Waals surface area (Å²) >= 11 is 0. The summed E-state index contributed by atoms with van der Waals surface area (Å²) in [6, 6.07) is 0. The van der Waals surface area contributed by atoms with Crippen molar-refractivity contribution < 1.29 is 0 Å². The summed E-state index contributed by atoms with van der Waals surface area (Å²) < 4.78 is 0. The van der Waals surface area contributed by atoms with Crippen molar-refractivity contribution in [3.8, 4) is 0 Å². The van der Waals surface area contributed by atoms with Crippen LogP contribution in [0.4, 0.5) is 0 Å². The highest BCUT2D eigenvalue weighted by atomic mass is 28.3. The van der Waals surface area contributed by atoms with Crippen LogP contribution in [0, 0.1) is 0 Å². The van der Waals surface area contributed by atoms with Gasteiger partial charge in [0.15, 0.2) is 0 Å². The minimum atomic E-state index is -0.998. The fourth-order valence-electron chi connectivity index (χ4n) is 0.979. The Labute approximate surface area is 77.6 Å². The molecule has 0 heterocycles. The van der Waals surface area contributed by atoms with Crippen molar-refractivity contribution in [2.24, 2.45) is 0 Å². The van der Waals surface area contributed by atoms with E-state index in [4.69, 9.17) is 0 Å². The lowest BCUT2D eigenvalue weighted by Crippen LogP contribution is -2.42. The smallest absolute Gasteiger partial charge is 0.211 e. The maximum atomic E-state index is 3.27. The lowest BCUT2D eigenvalue weighted by Gasteiger charge is -2.16. The van der Waals surface area contributed by atoms with Crippen LogP contribution < -0.4 is 9.96 Å². The van der Waals surface area contributed by atoms with Gasteiger partial charge in [0, 0.05) is 13.1 Å². The summed E-state index contributed by atoms with van der Waals surface area (Å²) in [5.41, 5.74) is 2.26. The Morgan fingerprint density at radius 2 is 1.67 bits per heavy atom. The topological polar surface area (TPSA) is 27.3 Å². The first-order valence-electron chi connectivity index (χ1n) is 4.55. The van der Waals surface area contributed by atoms with Gasteiger partial charge < -0.3 is 14.9 Å². The maximum absolute atomic E-state index is 3.27. The van der Waals surface area contributed by atoms with Crippen molar-refractivity contribution in [2.75, 3.05) is 27.2 Å².